The smallest absolute Gasteiger partial charge is 0.122 e. The van der Waals surface area contributed by atoms with Crippen LogP contribution in [0.25, 0.3) is 0 Å². The summed E-state index contributed by atoms with van der Waals surface area (Å²) in [5.41, 5.74) is 0. The highest BCUT2D eigenvalue weighted by Crippen LogP contribution is 2.21. The monoisotopic (exact) mass is 250 g/mol. The van der Waals surface area contributed by atoms with Gasteiger partial charge in [-0.15, -0.1) is 0 Å². The van der Waals surface area contributed by atoms with Gasteiger partial charge in [0.25, 0.3) is 0 Å². The van der Waals surface area contributed by atoms with Gasteiger partial charge in [0.05, 0.1) is 13.2 Å². The van der Waals surface area contributed by atoms with Gasteiger partial charge in [0.2, 0.25) is 0 Å². The highest BCUT2D eigenvalue weighted by molar-refractivity contribution is 5.32. The number of benzene rings is 1. The van der Waals surface area contributed by atoms with E-state index in [1.807, 2.05) is 24.3 Å². The third-order valence-corrected chi connectivity index (χ3v) is 3.27. The van der Waals surface area contributed by atoms with Crippen molar-refractivity contribution in [3.05, 3.63) is 24.3 Å². The van der Waals surface area contributed by atoms with E-state index in [0.717, 1.165) is 37.6 Å². The van der Waals surface area contributed by atoms with Crippen molar-refractivity contribution in [2.24, 2.45) is 11.8 Å². The Morgan fingerprint density at radius 3 is 1.72 bits per heavy atom. The van der Waals surface area contributed by atoms with Gasteiger partial charge in [-0.05, 0) is 24.0 Å². The van der Waals surface area contributed by atoms with Crippen molar-refractivity contribution in [1.82, 2.24) is 0 Å². The van der Waals surface area contributed by atoms with E-state index in [9.17, 15) is 0 Å². The second-order valence-corrected chi connectivity index (χ2v) is 5.12. The summed E-state index contributed by atoms with van der Waals surface area (Å²) in [6.45, 7) is 10.3. The zero-order chi connectivity index (χ0) is 13.4. The molecule has 0 aliphatic heterocycles. The van der Waals surface area contributed by atoms with Gasteiger partial charge in [0.1, 0.15) is 11.5 Å². The third kappa shape index (κ3) is 5.44. The van der Waals surface area contributed by atoms with Crippen LogP contribution in [0, 0.1) is 11.8 Å². The van der Waals surface area contributed by atoms with E-state index in [4.69, 9.17) is 9.47 Å². The average Bonchev–Trinajstić information content (AvgIpc) is 2.42. The standard InChI is InChI=1S/C16H26O2/c1-5-13(3)11-17-15-8-7-9-16(10-15)18-12-14(4)6-2/h7-10,13-14H,5-6,11-12H2,1-4H3/t13-,14-/m0/s1. The number of rotatable bonds is 8. The van der Waals surface area contributed by atoms with Crippen molar-refractivity contribution in [2.75, 3.05) is 13.2 Å². The van der Waals surface area contributed by atoms with Crippen molar-refractivity contribution >= 4 is 0 Å². The molecule has 0 spiro atoms. The highest BCUT2D eigenvalue weighted by Gasteiger charge is 2.03. The lowest BCUT2D eigenvalue weighted by Gasteiger charge is -2.13. The second kappa shape index (κ2) is 8.02. The Labute approximate surface area is 111 Å². The molecule has 1 aromatic rings. The van der Waals surface area contributed by atoms with Gasteiger partial charge in [-0.3, -0.25) is 0 Å². The molecular formula is C16H26O2. The first-order chi connectivity index (χ1) is 8.65. The first-order valence-electron chi connectivity index (χ1n) is 7.01. The van der Waals surface area contributed by atoms with Crippen LogP contribution in [0.15, 0.2) is 24.3 Å². The minimum Gasteiger partial charge on any atom is -0.493 e. The fourth-order valence-electron chi connectivity index (χ4n) is 1.37. The van der Waals surface area contributed by atoms with Crippen LogP contribution in [-0.4, -0.2) is 13.2 Å². The Bertz CT molecular complexity index is 306. The minimum atomic E-state index is 0.592. The first-order valence-corrected chi connectivity index (χ1v) is 7.01. The predicted molar refractivity (Wildman–Crippen MR) is 76.3 cm³/mol. The maximum Gasteiger partial charge on any atom is 0.122 e. The molecule has 0 N–H and O–H groups in total. The number of hydrogen-bond donors (Lipinski definition) is 0. The molecule has 0 unspecified atom stereocenters. The molecule has 0 heterocycles. The summed E-state index contributed by atoms with van der Waals surface area (Å²) >= 11 is 0. The van der Waals surface area contributed by atoms with Gasteiger partial charge in [0.15, 0.2) is 0 Å². The maximum absolute atomic E-state index is 5.75. The molecule has 0 saturated carbocycles. The van der Waals surface area contributed by atoms with Gasteiger partial charge in [-0.2, -0.15) is 0 Å². The van der Waals surface area contributed by atoms with E-state index >= 15 is 0 Å². The van der Waals surface area contributed by atoms with E-state index in [1.165, 1.54) is 0 Å². The zero-order valence-electron chi connectivity index (χ0n) is 12.1. The Hall–Kier alpha value is -1.18. The van der Waals surface area contributed by atoms with E-state index in [0.29, 0.717) is 11.8 Å². The normalized spacial score (nSPS) is 14.0. The van der Waals surface area contributed by atoms with Gasteiger partial charge in [0, 0.05) is 6.07 Å². The molecule has 0 bridgehead atoms. The SMILES string of the molecule is CC[C@H](C)COc1cccc(OC[C@@H](C)CC)c1. The van der Waals surface area contributed by atoms with E-state index < -0.39 is 0 Å². The molecule has 0 fully saturated rings. The number of hydrogen-bond acceptors (Lipinski definition) is 2. The van der Waals surface area contributed by atoms with Crippen molar-refractivity contribution in [3.8, 4) is 11.5 Å². The summed E-state index contributed by atoms with van der Waals surface area (Å²) in [5, 5.41) is 0. The van der Waals surface area contributed by atoms with Crippen LogP contribution in [0.1, 0.15) is 40.5 Å². The van der Waals surface area contributed by atoms with Gasteiger partial charge < -0.3 is 9.47 Å². The average molecular weight is 250 g/mol. The lowest BCUT2D eigenvalue weighted by atomic mass is 10.1. The molecular weight excluding hydrogens is 224 g/mol. The van der Waals surface area contributed by atoms with Crippen LogP contribution in [0.2, 0.25) is 0 Å². The fourth-order valence-corrected chi connectivity index (χ4v) is 1.37. The summed E-state index contributed by atoms with van der Waals surface area (Å²) < 4.78 is 11.5. The first kappa shape index (κ1) is 14.9. The Morgan fingerprint density at radius 1 is 0.889 bits per heavy atom. The molecule has 0 aliphatic rings. The molecule has 2 nitrogen and oxygen atoms in total. The van der Waals surface area contributed by atoms with E-state index in [2.05, 4.69) is 27.7 Å². The molecule has 1 aromatic carbocycles. The van der Waals surface area contributed by atoms with Crippen LogP contribution in [0.4, 0.5) is 0 Å². The minimum absolute atomic E-state index is 0.592. The van der Waals surface area contributed by atoms with Crippen LogP contribution in [0.3, 0.4) is 0 Å². The lowest BCUT2D eigenvalue weighted by Crippen LogP contribution is -2.08. The molecule has 18 heavy (non-hydrogen) atoms. The summed E-state index contributed by atoms with van der Waals surface area (Å²) in [6, 6.07) is 7.93. The highest BCUT2D eigenvalue weighted by atomic mass is 16.5. The molecule has 102 valence electrons. The van der Waals surface area contributed by atoms with Crippen molar-refractivity contribution in [1.29, 1.82) is 0 Å². The quantitative estimate of drug-likeness (QED) is 0.674. The van der Waals surface area contributed by atoms with Crippen LogP contribution < -0.4 is 9.47 Å². The molecule has 2 atom stereocenters. The Morgan fingerprint density at radius 2 is 1.33 bits per heavy atom. The Kier molecular flexibility index (Phi) is 6.63. The van der Waals surface area contributed by atoms with Crippen molar-refractivity contribution in [3.63, 3.8) is 0 Å². The third-order valence-electron chi connectivity index (χ3n) is 3.27. The van der Waals surface area contributed by atoms with Crippen LogP contribution in [-0.2, 0) is 0 Å². The van der Waals surface area contributed by atoms with Gasteiger partial charge in [-0.1, -0.05) is 46.6 Å². The molecule has 2 heteroatoms. The van der Waals surface area contributed by atoms with Crippen molar-refractivity contribution in [2.45, 2.75) is 40.5 Å². The summed E-state index contributed by atoms with van der Waals surface area (Å²) in [6.07, 6.45) is 2.29. The van der Waals surface area contributed by atoms with Gasteiger partial charge in [-0.25, -0.2) is 0 Å². The van der Waals surface area contributed by atoms with Crippen LogP contribution in [0.5, 0.6) is 11.5 Å². The summed E-state index contributed by atoms with van der Waals surface area (Å²) in [5.74, 6) is 2.98. The fraction of sp³-hybridized carbons (Fsp3) is 0.625. The topological polar surface area (TPSA) is 18.5 Å². The molecule has 0 aromatic heterocycles. The number of ether oxygens (including phenoxy) is 2. The molecule has 0 radical (unpaired) electrons. The molecule has 1 rings (SSSR count). The largest absolute Gasteiger partial charge is 0.493 e. The lowest BCUT2D eigenvalue weighted by molar-refractivity contribution is 0.244. The molecule has 0 amide bonds. The van der Waals surface area contributed by atoms with E-state index in [1.54, 1.807) is 0 Å². The van der Waals surface area contributed by atoms with Crippen molar-refractivity contribution < 1.29 is 9.47 Å². The summed E-state index contributed by atoms with van der Waals surface area (Å²) in [4.78, 5) is 0. The summed E-state index contributed by atoms with van der Waals surface area (Å²) in [7, 11) is 0. The maximum atomic E-state index is 5.75. The molecule has 0 saturated heterocycles. The molecule has 0 aliphatic carbocycles. The van der Waals surface area contributed by atoms with Gasteiger partial charge >= 0.3 is 0 Å². The zero-order valence-corrected chi connectivity index (χ0v) is 12.1. The predicted octanol–water partition coefficient (Wildman–Crippen LogP) is 4.54. The van der Waals surface area contributed by atoms with Crippen LogP contribution >= 0.6 is 0 Å². The Balaban J connectivity index is 2.46. The second-order valence-electron chi connectivity index (χ2n) is 5.12. The van der Waals surface area contributed by atoms with E-state index in [-0.39, 0.29) is 0 Å².